The number of non-ortho nitro benzene ring substituents is 1. The lowest BCUT2D eigenvalue weighted by atomic mass is 10.1. The maximum absolute atomic E-state index is 11.3. The maximum atomic E-state index is 11.3. The molecule has 4 N–H and O–H groups in total. The number of hydrogen-bond acceptors (Lipinski definition) is 6. The van der Waals surface area contributed by atoms with Crippen LogP contribution in [0.25, 0.3) is 0 Å². The molecule has 0 aliphatic rings. The van der Waals surface area contributed by atoms with Gasteiger partial charge < -0.3 is 20.9 Å². The summed E-state index contributed by atoms with van der Waals surface area (Å²) in [5, 5.41) is 22.1. The number of hydrogen-bond donors (Lipinski definition) is 3. The third-order valence-corrected chi connectivity index (χ3v) is 2.52. The van der Waals surface area contributed by atoms with Crippen molar-refractivity contribution in [2.24, 2.45) is 5.73 Å². The van der Waals surface area contributed by atoms with E-state index in [2.05, 4.69) is 5.32 Å². The van der Waals surface area contributed by atoms with Crippen LogP contribution in [0.1, 0.15) is 10.4 Å². The summed E-state index contributed by atoms with van der Waals surface area (Å²) in [4.78, 5) is 32.0. The molecule has 9 heteroatoms. The molecule has 0 spiro atoms. The summed E-state index contributed by atoms with van der Waals surface area (Å²) >= 11 is 0. The number of methoxy groups -OCH3 is 1. The molecule has 9 nitrogen and oxygen atoms in total. The van der Waals surface area contributed by atoms with E-state index in [1.807, 2.05) is 0 Å². The zero-order chi connectivity index (χ0) is 15.3. The van der Waals surface area contributed by atoms with Crippen LogP contribution < -0.4 is 11.1 Å². The molecule has 1 atom stereocenters. The van der Waals surface area contributed by atoms with E-state index in [-0.39, 0.29) is 23.5 Å². The van der Waals surface area contributed by atoms with Crippen LogP contribution in [0.3, 0.4) is 0 Å². The fourth-order valence-corrected chi connectivity index (χ4v) is 1.48. The molecular weight excluding hydrogens is 270 g/mol. The Morgan fingerprint density at radius 3 is 2.65 bits per heavy atom. The van der Waals surface area contributed by atoms with Gasteiger partial charge >= 0.3 is 5.97 Å². The topological polar surface area (TPSA) is 145 Å². The molecule has 0 aliphatic carbocycles. The Morgan fingerprint density at radius 1 is 1.55 bits per heavy atom. The van der Waals surface area contributed by atoms with Gasteiger partial charge in [-0.25, -0.2) is 4.79 Å². The first kappa shape index (κ1) is 15.4. The smallest absolute Gasteiger partial charge is 0.334 e. The highest BCUT2D eigenvalue weighted by Gasteiger charge is 2.19. The number of rotatable bonds is 7. The normalized spacial score (nSPS) is 11.7. The fourth-order valence-electron chi connectivity index (χ4n) is 1.48. The molecule has 1 aromatic carbocycles. The Labute approximate surface area is 113 Å². The lowest BCUT2D eigenvalue weighted by Crippen LogP contribution is -2.31. The van der Waals surface area contributed by atoms with E-state index in [9.17, 15) is 19.7 Å². The van der Waals surface area contributed by atoms with Crippen LogP contribution in [-0.4, -0.2) is 41.7 Å². The zero-order valence-corrected chi connectivity index (χ0v) is 10.5. The van der Waals surface area contributed by atoms with Crippen molar-refractivity contribution in [1.82, 2.24) is 0 Å². The number of anilines is 1. The number of ether oxygens (including phenoxy) is 1. The zero-order valence-electron chi connectivity index (χ0n) is 10.5. The largest absolute Gasteiger partial charge is 0.479 e. The number of primary amides is 1. The number of nitro benzene ring substituents is 1. The summed E-state index contributed by atoms with van der Waals surface area (Å²) in [7, 11) is 1.23. The summed E-state index contributed by atoms with van der Waals surface area (Å²) in [6, 6.07) is 3.48. The Balaban J connectivity index is 2.97. The number of nitrogens with zero attached hydrogens (tertiary/aromatic N) is 1. The van der Waals surface area contributed by atoms with Crippen molar-refractivity contribution in [2.45, 2.75) is 6.10 Å². The van der Waals surface area contributed by atoms with Gasteiger partial charge in [-0.2, -0.15) is 0 Å². The lowest BCUT2D eigenvalue weighted by molar-refractivity contribution is -0.384. The molecule has 108 valence electrons. The van der Waals surface area contributed by atoms with E-state index in [0.29, 0.717) is 0 Å². The second-order valence-corrected chi connectivity index (χ2v) is 3.79. The average Bonchev–Trinajstić information content (AvgIpc) is 2.38. The van der Waals surface area contributed by atoms with E-state index >= 15 is 0 Å². The number of aliphatic carboxylic acids is 1. The molecule has 0 saturated heterocycles. The van der Waals surface area contributed by atoms with Gasteiger partial charge in [0.25, 0.3) is 11.6 Å². The fraction of sp³-hybridized carbons (Fsp3) is 0.273. The Kier molecular flexibility index (Phi) is 4.98. The van der Waals surface area contributed by atoms with Crippen LogP contribution in [0.15, 0.2) is 18.2 Å². The molecule has 0 aliphatic heterocycles. The molecule has 0 saturated carbocycles. The summed E-state index contributed by atoms with van der Waals surface area (Å²) < 4.78 is 4.71. The van der Waals surface area contributed by atoms with E-state index in [4.69, 9.17) is 15.6 Å². The van der Waals surface area contributed by atoms with Crippen molar-refractivity contribution in [1.29, 1.82) is 0 Å². The first-order valence-corrected chi connectivity index (χ1v) is 5.44. The van der Waals surface area contributed by atoms with Gasteiger partial charge in [-0.05, 0) is 6.07 Å². The predicted molar refractivity (Wildman–Crippen MR) is 68.5 cm³/mol. The average molecular weight is 283 g/mol. The Bertz CT molecular complexity index is 545. The van der Waals surface area contributed by atoms with E-state index < -0.39 is 22.9 Å². The highest BCUT2D eigenvalue weighted by Crippen LogP contribution is 2.21. The van der Waals surface area contributed by atoms with Gasteiger partial charge in [0.05, 0.1) is 17.0 Å². The quantitative estimate of drug-likeness (QED) is 0.478. The number of carboxylic acid groups (broad SMARTS) is 1. The van der Waals surface area contributed by atoms with E-state index in [1.165, 1.54) is 19.2 Å². The molecule has 1 amide bonds. The van der Waals surface area contributed by atoms with Gasteiger partial charge in [0.15, 0.2) is 6.10 Å². The molecule has 1 aromatic rings. The van der Waals surface area contributed by atoms with Gasteiger partial charge in [0.1, 0.15) is 0 Å². The van der Waals surface area contributed by atoms with Crippen molar-refractivity contribution in [3.8, 4) is 0 Å². The number of benzene rings is 1. The predicted octanol–water partition coefficient (Wildman–Crippen LogP) is 0.205. The van der Waals surface area contributed by atoms with Crippen LogP contribution in [0.2, 0.25) is 0 Å². The molecule has 1 unspecified atom stereocenters. The lowest BCUT2D eigenvalue weighted by Gasteiger charge is -2.14. The second-order valence-electron chi connectivity index (χ2n) is 3.79. The minimum absolute atomic E-state index is 0.0977. The van der Waals surface area contributed by atoms with Crippen LogP contribution >= 0.6 is 0 Å². The van der Waals surface area contributed by atoms with Crippen LogP contribution in [-0.2, 0) is 9.53 Å². The number of nitro groups is 1. The number of carboxylic acids is 1. The van der Waals surface area contributed by atoms with E-state index in [1.54, 1.807) is 0 Å². The number of carbonyl (C=O) groups is 2. The number of nitrogens with one attached hydrogen (secondary N) is 1. The molecule has 1 rings (SSSR count). The van der Waals surface area contributed by atoms with Gasteiger partial charge in [0.2, 0.25) is 0 Å². The van der Waals surface area contributed by atoms with Crippen LogP contribution in [0.4, 0.5) is 11.4 Å². The first-order chi connectivity index (χ1) is 9.36. The van der Waals surface area contributed by atoms with Crippen molar-refractivity contribution in [2.75, 3.05) is 19.0 Å². The number of carbonyl (C=O) groups excluding carboxylic acids is 1. The molecule has 0 bridgehead atoms. The highest BCUT2D eigenvalue weighted by atomic mass is 16.6. The molecule has 0 radical (unpaired) electrons. The number of nitrogens with two attached hydrogens (primary N) is 1. The van der Waals surface area contributed by atoms with Crippen LogP contribution in [0, 0.1) is 10.1 Å². The van der Waals surface area contributed by atoms with Gasteiger partial charge in [-0.15, -0.1) is 0 Å². The number of amides is 1. The van der Waals surface area contributed by atoms with Gasteiger partial charge in [0, 0.05) is 24.9 Å². The summed E-state index contributed by atoms with van der Waals surface area (Å²) in [5.41, 5.74) is 4.95. The summed E-state index contributed by atoms with van der Waals surface area (Å²) in [6.45, 7) is -0.121. The highest BCUT2D eigenvalue weighted by molar-refractivity contribution is 5.99. The molecular formula is C11H13N3O6. The van der Waals surface area contributed by atoms with Gasteiger partial charge in [-0.1, -0.05) is 0 Å². The third-order valence-electron chi connectivity index (χ3n) is 2.52. The van der Waals surface area contributed by atoms with Crippen molar-refractivity contribution in [3.63, 3.8) is 0 Å². The SMILES string of the molecule is COC(CNc1ccc([N+](=O)[O-])cc1C(N)=O)C(=O)O. The monoisotopic (exact) mass is 283 g/mol. The van der Waals surface area contributed by atoms with Gasteiger partial charge in [-0.3, -0.25) is 14.9 Å². The maximum Gasteiger partial charge on any atom is 0.334 e. The summed E-state index contributed by atoms with van der Waals surface area (Å²) in [6.07, 6.45) is -1.12. The molecule has 0 heterocycles. The van der Waals surface area contributed by atoms with E-state index in [0.717, 1.165) is 6.07 Å². The Hall–Kier alpha value is -2.68. The minimum atomic E-state index is -1.18. The third kappa shape index (κ3) is 3.65. The molecule has 0 fully saturated rings. The first-order valence-electron chi connectivity index (χ1n) is 5.44. The molecule has 0 aromatic heterocycles. The van der Waals surface area contributed by atoms with Crippen LogP contribution in [0.5, 0.6) is 0 Å². The van der Waals surface area contributed by atoms with Crippen molar-refractivity contribution >= 4 is 23.3 Å². The Morgan fingerprint density at radius 2 is 2.20 bits per heavy atom. The van der Waals surface area contributed by atoms with Crippen molar-refractivity contribution < 1.29 is 24.4 Å². The summed E-state index contributed by atoms with van der Waals surface area (Å²) in [5.74, 6) is -2.04. The molecule has 20 heavy (non-hydrogen) atoms. The van der Waals surface area contributed by atoms with Crippen molar-refractivity contribution in [3.05, 3.63) is 33.9 Å². The minimum Gasteiger partial charge on any atom is -0.479 e. The standard InChI is InChI=1S/C11H13N3O6/c1-20-9(11(16)17)5-13-8-3-2-6(14(18)19)4-7(8)10(12)15/h2-4,9,13H,5H2,1H3,(H2,12,15)(H,16,17). The second kappa shape index (κ2) is 6.48.